The number of pyridine rings is 1. The molecule has 0 bridgehead atoms. The van der Waals surface area contributed by atoms with Crippen LogP contribution in [0.3, 0.4) is 0 Å². The predicted molar refractivity (Wildman–Crippen MR) is 117 cm³/mol. The van der Waals surface area contributed by atoms with E-state index in [2.05, 4.69) is 27.4 Å². The van der Waals surface area contributed by atoms with Crippen molar-refractivity contribution >= 4 is 43.7 Å². The molecule has 5 aromatic rings. The molecule has 0 unspecified atom stereocenters. The topological polar surface area (TPSA) is 84.7 Å². The minimum atomic E-state index is 0.0140. The van der Waals surface area contributed by atoms with Crippen molar-refractivity contribution in [1.82, 2.24) is 9.97 Å². The summed E-state index contributed by atoms with van der Waals surface area (Å²) in [5.41, 5.74) is 4.94. The zero-order valence-corrected chi connectivity index (χ0v) is 16.1. The number of thiophene rings is 1. The van der Waals surface area contributed by atoms with Crippen LogP contribution in [0.1, 0.15) is 11.1 Å². The van der Waals surface area contributed by atoms with Gasteiger partial charge < -0.3 is 15.4 Å². The average molecular weight is 396 g/mol. The predicted octanol–water partition coefficient (Wildman–Crippen LogP) is 5.55. The molecule has 0 saturated carbocycles. The Bertz CT molecular complexity index is 1390. The second kappa shape index (κ2) is 7.06. The lowest BCUT2D eigenvalue weighted by Crippen LogP contribution is -1.97. The van der Waals surface area contributed by atoms with Gasteiger partial charge in [-0.05, 0) is 47.3 Å². The van der Waals surface area contributed by atoms with E-state index < -0.39 is 0 Å². The summed E-state index contributed by atoms with van der Waals surface area (Å²) in [6.45, 7) is 0.0140. The Balaban J connectivity index is 1.67. The van der Waals surface area contributed by atoms with Crippen LogP contribution in [0.15, 0.2) is 67.1 Å². The molecule has 0 fully saturated rings. The molecular formula is C23H16N4OS. The van der Waals surface area contributed by atoms with E-state index in [-0.39, 0.29) is 6.61 Å². The van der Waals surface area contributed by atoms with Gasteiger partial charge in [0, 0.05) is 50.3 Å². The number of nitrogens with zero attached hydrogens (tertiary/aromatic N) is 2. The fourth-order valence-corrected chi connectivity index (χ4v) is 4.58. The number of aromatic amines is 1. The normalized spacial score (nSPS) is 11.0. The van der Waals surface area contributed by atoms with Crippen LogP contribution < -0.4 is 5.32 Å². The number of aliphatic hydroxyl groups is 1. The zero-order chi connectivity index (χ0) is 19.8. The van der Waals surface area contributed by atoms with Crippen LogP contribution in [0.4, 0.5) is 11.4 Å². The van der Waals surface area contributed by atoms with Crippen LogP contribution >= 0.6 is 11.3 Å². The molecule has 0 spiro atoms. The van der Waals surface area contributed by atoms with E-state index in [1.54, 1.807) is 23.7 Å². The monoisotopic (exact) mass is 396 g/mol. The Labute approximate surface area is 170 Å². The van der Waals surface area contributed by atoms with E-state index in [1.165, 1.54) is 0 Å². The first kappa shape index (κ1) is 17.4. The third-order valence-electron chi connectivity index (χ3n) is 4.95. The molecule has 29 heavy (non-hydrogen) atoms. The van der Waals surface area contributed by atoms with Gasteiger partial charge >= 0.3 is 0 Å². The van der Waals surface area contributed by atoms with Gasteiger partial charge in [-0.25, -0.2) is 0 Å². The summed E-state index contributed by atoms with van der Waals surface area (Å²) in [5.74, 6) is 0. The van der Waals surface area contributed by atoms with Gasteiger partial charge in [-0.15, -0.1) is 11.3 Å². The number of H-pyrrole nitrogens is 1. The van der Waals surface area contributed by atoms with Gasteiger partial charge in [0.05, 0.1) is 17.9 Å². The lowest BCUT2D eigenvalue weighted by atomic mass is 10.1. The summed E-state index contributed by atoms with van der Waals surface area (Å²) >= 11 is 1.64. The fraction of sp³-hybridized carbons (Fsp3) is 0.0435. The molecule has 0 amide bonds. The molecule has 0 radical (unpaired) electrons. The highest BCUT2D eigenvalue weighted by Gasteiger charge is 2.15. The Morgan fingerprint density at radius 1 is 1.14 bits per heavy atom. The SMILES string of the molecule is N#Cc1cncc(-c2cc3cc(CO)ccc3s2)c1Nc1cccc2[nH]ccc12. The van der Waals surface area contributed by atoms with Crippen molar-refractivity contribution in [3.8, 4) is 16.5 Å². The Morgan fingerprint density at radius 2 is 2.07 bits per heavy atom. The van der Waals surface area contributed by atoms with Crippen LogP contribution in [0.25, 0.3) is 31.4 Å². The standard InChI is InChI=1S/C23H16N4OS/c24-10-16-11-25-12-18(22-9-15-8-14(13-28)4-5-21(15)29-22)23(16)27-20-3-1-2-19-17(20)6-7-26-19/h1-9,11-12,26,28H,13H2,(H,25,27). The molecule has 3 N–H and O–H groups in total. The molecule has 2 aromatic carbocycles. The van der Waals surface area contributed by atoms with Gasteiger partial charge in [0.25, 0.3) is 0 Å². The van der Waals surface area contributed by atoms with Crippen molar-refractivity contribution in [2.75, 3.05) is 5.32 Å². The van der Waals surface area contributed by atoms with Crippen LogP contribution in [-0.2, 0) is 6.61 Å². The Kier molecular flexibility index (Phi) is 4.24. The number of nitriles is 1. The van der Waals surface area contributed by atoms with Crippen LogP contribution in [0, 0.1) is 11.3 Å². The number of hydrogen-bond acceptors (Lipinski definition) is 5. The van der Waals surface area contributed by atoms with Gasteiger partial charge in [0.2, 0.25) is 0 Å². The highest BCUT2D eigenvalue weighted by molar-refractivity contribution is 7.22. The molecular weight excluding hydrogens is 380 g/mol. The highest BCUT2D eigenvalue weighted by atomic mass is 32.1. The molecule has 0 atom stereocenters. The van der Waals surface area contributed by atoms with Gasteiger partial charge in [0.1, 0.15) is 6.07 Å². The minimum absolute atomic E-state index is 0.0140. The first-order valence-electron chi connectivity index (χ1n) is 9.12. The minimum Gasteiger partial charge on any atom is -0.392 e. The molecule has 6 heteroatoms. The van der Waals surface area contributed by atoms with Crippen molar-refractivity contribution < 1.29 is 5.11 Å². The number of fused-ring (bicyclic) bond motifs is 2. The summed E-state index contributed by atoms with van der Waals surface area (Å²) < 4.78 is 1.12. The van der Waals surface area contributed by atoms with Crippen molar-refractivity contribution in [2.45, 2.75) is 6.61 Å². The lowest BCUT2D eigenvalue weighted by Gasteiger charge is -2.13. The zero-order valence-electron chi connectivity index (χ0n) is 15.3. The molecule has 0 aliphatic rings. The molecule has 5 nitrogen and oxygen atoms in total. The van der Waals surface area contributed by atoms with Crippen molar-refractivity contribution in [3.63, 3.8) is 0 Å². The van der Waals surface area contributed by atoms with Gasteiger partial charge in [0.15, 0.2) is 0 Å². The maximum Gasteiger partial charge on any atom is 0.103 e. The molecule has 140 valence electrons. The number of benzene rings is 2. The summed E-state index contributed by atoms with van der Waals surface area (Å²) in [5, 5.41) is 24.7. The first-order valence-corrected chi connectivity index (χ1v) is 9.93. The smallest absolute Gasteiger partial charge is 0.103 e. The molecule has 0 aliphatic carbocycles. The van der Waals surface area contributed by atoms with Crippen LogP contribution in [0.5, 0.6) is 0 Å². The second-order valence-corrected chi connectivity index (χ2v) is 7.82. The average Bonchev–Trinajstić information content (AvgIpc) is 3.40. The maximum absolute atomic E-state index is 9.69. The Morgan fingerprint density at radius 3 is 2.93 bits per heavy atom. The third-order valence-corrected chi connectivity index (χ3v) is 6.10. The number of nitrogens with one attached hydrogen (secondary N) is 2. The van der Waals surface area contributed by atoms with E-state index in [4.69, 9.17) is 0 Å². The van der Waals surface area contributed by atoms with Crippen LogP contribution in [0.2, 0.25) is 0 Å². The van der Waals surface area contributed by atoms with Gasteiger partial charge in [-0.2, -0.15) is 5.26 Å². The molecule has 3 heterocycles. The number of anilines is 2. The molecule has 0 aliphatic heterocycles. The van der Waals surface area contributed by atoms with E-state index >= 15 is 0 Å². The number of aromatic nitrogens is 2. The van der Waals surface area contributed by atoms with Crippen molar-refractivity contribution in [3.05, 3.63) is 78.2 Å². The maximum atomic E-state index is 9.69. The van der Waals surface area contributed by atoms with E-state index in [9.17, 15) is 10.4 Å². The summed E-state index contributed by atoms with van der Waals surface area (Å²) in [4.78, 5) is 8.52. The number of rotatable bonds is 4. The molecule has 3 aromatic heterocycles. The third kappa shape index (κ3) is 3.03. The summed E-state index contributed by atoms with van der Waals surface area (Å²) in [6.07, 6.45) is 5.28. The van der Waals surface area contributed by atoms with Crippen LogP contribution in [-0.4, -0.2) is 15.1 Å². The second-order valence-electron chi connectivity index (χ2n) is 6.73. The summed E-state index contributed by atoms with van der Waals surface area (Å²) in [7, 11) is 0. The van der Waals surface area contributed by atoms with Gasteiger partial charge in [-0.1, -0.05) is 12.1 Å². The summed E-state index contributed by atoms with van der Waals surface area (Å²) in [6, 6.07) is 18.3. The van der Waals surface area contributed by atoms with E-state index in [0.29, 0.717) is 5.56 Å². The number of hydrogen-bond donors (Lipinski definition) is 3. The Hall–Kier alpha value is -3.66. The lowest BCUT2D eigenvalue weighted by molar-refractivity contribution is 0.282. The van der Waals surface area contributed by atoms with Gasteiger partial charge in [-0.3, -0.25) is 4.98 Å². The van der Waals surface area contributed by atoms with E-state index in [1.807, 2.05) is 48.7 Å². The van der Waals surface area contributed by atoms with E-state index in [0.717, 1.165) is 48.4 Å². The van der Waals surface area contributed by atoms with Crippen molar-refractivity contribution in [2.24, 2.45) is 0 Å². The molecule has 5 rings (SSSR count). The largest absolute Gasteiger partial charge is 0.392 e. The fourth-order valence-electron chi connectivity index (χ4n) is 3.52. The highest BCUT2D eigenvalue weighted by Crippen LogP contribution is 2.40. The van der Waals surface area contributed by atoms with Crippen molar-refractivity contribution in [1.29, 1.82) is 5.26 Å². The first-order chi connectivity index (χ1) is 14.3. The quantitative estimate of drug-likeness (QED) is 0.372. The molecule has 0 saturated heterocycles. The number of aliphatic hydroxyl groups excluding tert-OH is 1.